The topological polar surface area (TPSA) is 69.0 Å². The quantitative estimate of drug-likeness (QED) is 0.674. The van der Waals surface area contributed by atoms with Gasteiger partial charge < -0.3 is 0 Å². The van der Waals surface area contributed by atoms with E-state index < -0.39 is 9.84 Å². The normalized spacial score (nSPS) is 27.4. The van der Waals surface area contributed by atoms with E-state index in [0.717, 1.165) is 0 Å². The maximum absolute atomic E-state index is 12.5. The smallest absolute Gasteiger partial charge is 0.262 e. The summed E-state index contributed by atoms with van der Waals surface area (Å²) in [5.41, 5.74) is 0.548. The van der Waals surface area contributed by atoms with Crippen LogP contribution in [0, 0.1) is 0 Å². The maximum atomic E-state index is 12.5. The Labute approximate surface area is 113 Å². The van der Waals surface area contributed by atoms with E-state index >= 15 is 0 Å². The average molecular weight is 294 g/mol. The lowest BCUT2D eigenvalue weighted by Gasteiger charge is -2.10. The largest absolute Gasteiger partial charge is 0.282 e. The fourth-order valence-corrected chi connectivity index (χ4v) is 6.69. The fourth-order valence-electron chi connectivity index (χ4n) is 2.79. The van der Waals surface area contributed by atoms with E-state index in [9.17, 15) is 13.2 Å². The first-order valence-electron chi connectivity index (χ1n) is 5.93. The monoisotopic (exact) mass is 294 g/mol. The molecule has 3 heterocycles. The van der Waals surface area contributed by atoms with Gasteiger partial charge in [-0.15, -0.1) is 0 Å². The first kappa shape index (κ1) is 11.5. The summed E-state index contributed by atoms with van der Waals surface area (Å²) in [7, 11) is -3.03. The molecule has 2 aliphatic heterocycles. The van der Waals surface area contributed by atoms with Gasteiger partial charge in [0.25, 0.3) is 5.56 Å². The molecule has 0 unspecified atom stereocenters. The minimum absolute atomic E-state index is 0.0532. The van der Waals surface area contributed by atoms with Crippen LogP contribution in [0.1, 0.15) is 6.04 Å². The van der Waals surface area contributed by atoms with E-state index in [1.54, 1.807) is 16.7 Å². The van der Waals surface area contributed by atoms with Gasteiger partial charge in [-0.05, 0) is 12.1 Å². The summed E-state index contributed by atoms with van der Waals surface area (Å²) in [6.45, 7) is 0. The van der Waals surface area contributed by atoms with Crippen molar-refractivity contribution >= 4 is 32.5 Å². The van der Waals surface area contributed by atoms with Gasteiger partial charge in [-0.3, -0.25) is 9.36 Å². The highest BCUT2D eigenvalue weighted by Gasteiger charge is 2.45. The van der Waals surface area contributed by atoms with Crippen LogP contribution in [0.25, 0.3) is 10.9 Å². The first-order valence-corrected chi connectivity index (χ1v) is 8.64. The molecule has 0 N–H and O–H groups in total. The summed E-state index contributed by atoms with van der Waals surface area (Å²) in [5, 5.41) is 1.13. The van der Waals surface area contributed by atoms with Crippen LogP contribution in [0.15, 0.2) is 34.2 Å². The molecule has 0 aliphatic carbocycles. The fraction of sp³-hybridized carbons (Fsp3) is 0.333. The Kier molecular flexibility index (Phi) is 2.18. The van der Waals surface area contributed by atoms with Crippen molar-refractivity contribution in [3.05, 3.63) is 34.6 Å². The summed E-state index contributed by atoms with van der Waals surface area (Å²) in [6.07, 6.45) is 0. The highest BCUT2D eigenvalue weighted by Crippen LogP contribution is 2.43. The van der Waals surface area contributed by atoms with Gasteiger partial charge in [-0.2, -0.15) is 0 Å². The third kappa shape index (κ3) is 1.58. The summed E-state index contributed by atoms with van der Waals surface area (Å²) in [5.74, 6) is 0.194. The Balaban J connectivity index is 2.01. The lowest BCUT2D eigenvalue weighted by Crippen LogP contribution is -2.27. The lowest BCUT2D eigenvalue weighted by molar-refractivity contribution is 0.524. The second-order valence-electron chi connectivity index (χ2n) is 4.89. The molecule has 98 valence electrons. The minimum Gasteiger partial charge on any atom is -0.282 e. The van der Waals surface area contributed by atoms with E-state index in [0.29, 0.717) is 16.1 Å². The van der Waals surface area contributed by atoms with Crippen molar-refractivity contribution in [1.29, 1.82) is 0 Å². The zero-order valence-corrected chi connectivity index (χ0v) is 11.4. The van der Waals surface area contributed by atoms with E-state index in [1.807, 2.05) is 12.1 Å². The molecule has 2 aromatic rings. The van der Waals surface area contributed by atoms with Crippen LogP contribution < -0.4 is 5.56 Å². The molecule has 1 saturated heterocycles. The van der Waals surface area contributed by atoms with E-state index in [2.05, 4.69) is 4.98 Å². The van der Waals surface area contributed by atoms with Crippen LogP contribution in [0.2, 0.25) is 0 Å². The van der Waals surface area contributed by atoms with Crippen LogP contribution in [0.5, 0.6) is 0 Å². The third-order valence-electron chi connectivity index (χ3n) is 3.64. The lowest BCUT2D eigenvalue weighted by atomic mass is 10.2. The molecule has 7 heteroatoms. The first-order chi connectivity index (χ1) is 9.05. The Morgan fingerprint density at radius 3 is 2.89 bits per heavy atom. The summed E-state index contributed by atoms with van der Waals surface area (Å²) in [6, 6.07) is 6.93. The Bertz CT molecular complexity index is 857. The second-order valence-corrected chi connectivity index (χ2v) is 8.25. The Hall–Kier alpha value is -1.34. The summed E-state index contributed by atoms with van der Waals surface area (Å²) in [4.78, 5) is 17.0. The zero-order chi connectivity index (χ0) is 13.2. The van der Waals surface area contributed by atoms with Crippen molar-refractivity contribution in [2.75, 3.05) is 11.5 Å². The van der Waals surface area contributed by atoms with Gasteiger partial charge in [0.05, 0.1) is 28.5 Å². The highest BCUT2D eigenvalue weighted by molar-refractivity contribution is 8.02. The van der Waals surface area contributed by atoms with Crippen LogP contribution in [0.4, 0.5) is 0 Å². The molecule has 0 spiro atoms. The molecule has 0 bridgehead atoms. The zero-order valence-electron chi connectivity index (χ0n) is 9.81. The third-order valence-corrected chi connectivity index (χ3v) is 6.85. The summed E-state index contributed by atoms with van der Waals surface area (Å²) >= 11 is 1.41. The molecule has 2 aliphatic rings. The van der Waals surface area contributed by atoms with Crippen molar-refractivity contribution in [3.63, 3.8) is 0 Å². The van der Waals surface area contributed by atoms with Crippen molar-refractivity contribution in [2.45, 2.75) is 16.4 Å². The van der Waals surface area contributed by atoms with Crippen LogP contribution in [-0.2, 0) is 9.84 Å². The van der Waals surface area contributed by atoms with Gasteiger partial charge in [-0.25, -0.2) is 13.4 Å². The number of nitrogens with zero attached hydrogens (tertiary/aromatic N) is 2. The predicted octanol–water partition coefficient (Wildman–Crippen LogP) is 0.840. The van der Waals surface area contributed by atoms with Crippen LogP contribution in [0.3, 0.4) is 0 Å². The summed E-state index contributed by atoms with van der Waals surface area (Å²) < 4.78 is 24.9. The number of hydrogen-bond donors (Lipinski definition) is 0. The molecular weight excluding hydrogens is 284 g/mol. The van der Waals surface area contributed by atoms with E-state index in [4.69, 9.17) is 0 Å². The van der Waals surface area contributed by atoms with Crippen molar-refractivity contribution in [1.82, 2.24) is 9.55 Å². The molecule has 0 amide bonds. The molecule has 5 nitrogen and oxygen atoms in total. The van der Waals surface area contributed by atoms with Gasteiger partial charge in [0.15, 0.2) is 15.0 Å². The number of thioether (sulfide) groups is 1. The number of sulfone groups is 1. The number of hydrogen-bond acceptors (Lipinski definition) is 5. The molecule has 1 aromatic carbocycles. The number of fused-ring (bicyclic) bond motifs is 4. The van der Waals surface area contributed by atoms with Gasteiger partial charge in [0.2, 0.25) is 0 Å². The number of benzene rings is 1. The van der Waals surface area contributed by atoms with E-state index in [1.165, 1.54) is 11.8 Å². The van der Waals surface area contributed by atoms with Gasteiger partial charge in [0, 0.05) is 5.25 Å². The predicted molar refractivity (Wildman–Crippen MR) is 73.3 cm³/mol. The maximum Gasteiger partial charge on any atom is 0.262 e. The second kappa shape index (κ2) is 3.61. The molecule has 2 atom stereocenters. The minimum atomic E-state index is -3.03. The van der Waals surface area contributed by atoms with Crippen LogP contribution >= 0.6 is 11.8 Å². The van der Waals surface area contributed by atoms with Crippen molar-refractivity contribution in [2.24, 2.45) is 0 Å². The molecular formula is C12H10N2O3S2. The molecule has 0 saturated carbocycles. The molecule has 0 radical (unpaired) electrons. The Morgan fingerprint density at radius 2 is 2.05 bits per heavy atom. The number of rotatable bonds is 0. The Morgan fingerprint density at radius 1 is 1.26 bits per heavy atom. The SMILES string of the molecule is O=c1c2ccccc2nc2n1[C@H]1CS(=O)(=O)C[C@H]1S2. The number of aromatic nitrogens is 2. The standard InChI is InChI=1S/C12H10N2O3S2/c15-11-7-3-1-2-4-8(7)13-12-14(11)9-5-19(16,17)6-10(9)18-12/h1-4,9-10H,5-6H2/t9-,10+/m0/s1. The van der Waals surface area contributed by atoms with Gasteiger partial charge in [0.1, 0.15) is 0 Å². The molecule has 4 rings (SSSR count). The van der Waals surface area contributed by atoms with Crippen molar-refractivity contribution in [3.8, 4) is 0 Å². The average Bonchev–Trinajstić information content (AvgIpc) is 2.80. The van der Waals surface area contributed by atoms with Crippen molar-refractivity contribution < 1.29 is 8.42 Å². The van der Waals surface area contributed by atoms with Crippen LogP contribution in [-0.4, -0.2) is 34.7 Å². The number of para-hydroxylation sites is 1. The highest BCUT2D eigenvalue weighted by atomic mass is 32.2. The van der Waals surface area contributed by atoms with Gasteiger partial charge in [-0.1, -0.05) is 23.9 Å². The van der Waals surface area contributed by atoms with Gasteiger partial charge >= 0.3 is 0 Å². The molecule has 1 fully saturated rings. The molecule has 19 heavy (non-hydrogen) atoms. The van der Waals surface area contributed by atoms with E-state index in [-0.39, 0.29) is 28.4 Å². The molecule has 1 aromatic heterocycles.